The predicted octanol–water partition coefficient (Wildman–Crippen LogP) is 2.01. The molecule has 0 aliphatic carbocycles. The van der Waals surface area contributed by atoms with Crippen molar-refractivity contribution < 1.29 is 19.1 Å². The Kier molecular flexibility index (Phi) is 4.61. The maximum Gasteiger partial charge on any atom is 0.347 e. The number of benzene rings is 1. The monoisotopic (exact) mass is 277 g/mol. The van der Waals surface area contributed by atoms with Crippen LogP contribution in [0.3, 0.4) is 0 Å². The molecule has 1 fully saturated rings. The zero-order valence-corrected chi connectivity index (χ0v) is 11.8. The molecule has 1 aromatic rings. The van der Waals surface area contributed by atoms with Crippen molar-refractivity contribution in [2.45, 2.75) is 25.9 Å². The van der Waals surface area contributed by atoms with Gasteiger partial charge in [0.05, 0.1) is 12.2 Å². The molecule has 1 unspecified atom stereocenters. The second-order valence-corrected chi connectivity index (χ2v) is 4.82. The van der Waals surface area contributed by atoms with Crippen LogP contribution in [0.5, 0.6) is 0 Å². The summed E-state index contributed by atoms with van der Waals surface area (Å²) in [6.07, 6.45) is 0.733. The summed E-state index contributed by atoms with van der Waals surface area (Å²) in [5.74, 6) is -0.948. The third-order valence-corrected chi connectivity index (χ3v) is 3.24. The molecule has 1 saturated heterocycles. The van der Waals surface area contributed by atoms with Crippen LogP contribution in [0.15, 0.2) is 24.3 Å². The molecule has 108 valence electrons. The number of esters is 2. The Balaban J connectivity index is 1.98. The van der Waals surface area contributed by atoms with E-state index in [1.807, 2.05) is 19.2 Å². The molecule has 0 N–H and O–H groups in total. The molecule has 0 radical (unpaired) electrons. The molecule has 2 rings (SSSR count). The molecule has 0 aromatic heterocycles. The molecule has 20 heavy (non-hydrogen) atoms. The van der Waals surface area contributed by atoms with Crippen LogP contribution in [-0.4, -0.2) is 38.2 Å². The minimum Gasteiger partial charge on any atom is -0.463 e. The highest BCUT2D eigenvalue weighted by molar-refractivity contribution is 5.92. The van der Waals surface area contributed by atoms with Crippen molar-refractivity contribution in [1.29, 1.82) is 0 Å². The fourth-order valence-electron chi connectivity index (χ4n) is 2.10. The summed E-state index contributed by atoms with van der Waals surface area (Å²) in [5, 5.41) is 0. The highest BCUT2D eigenvalue weighted by Gasteiger charge is 2.30. The molecular formula is C15H19NO4. The van der Waals surface area contributed by atoms with E-state index in [-0.39, 0.29) is 0 Å². The smallest absolute Gasteiger partial charge is 0.347 e. The highest BCUT2D eigenvalue weighted by Crippen LogP contribution is 2.17. The Morgan fingerprint density at radius 2 is 2.10 bits per heavy atom. The molecule has 1 heterocycles. The van der Waals surface area contributed by atoms with Gasteiger partial charge in [-0.3, -0.25) is 0 Å². The Morgan fingerprint density at radius 3 is 2.65 bits per heavy atom. The van der Waals surface area contributed by atoms with Gasteiger partial charge in [-0.2, -0.15) is 0 Å². The third-order valence-electron chi connectivity index (χ3n) is 3.24. The molecule has 1 aliphatic heterocycles. The van der Waals surface area contributed by atoms with E-state index in [9.17, 15) is 9.59 Å². The lowest BCUT2D eigenvalue weighted by Gasteiger charge is -2.18. The van der Waals surface area contributed by atoms with Gasteiger partial charge >= 0.3 is 11.9 Å². The van der Waals surface area contributed by atoms with E-state index in [0.717, 1.165) is 18.7 Å². The number of hydrogen-bond donors (Lipinski definition) is 0. The topological polar surface area (TPSA) is 55.8 Å². The van der Waals surface area contributed by atoms with Gasteiger partial charge in [0.2, 0.25) is 6.10 Å². The minimum absolute atomic E-state index is 0.317. The molecule has 0 spiro atoms. The summed E-state index contributed by atoms with van der Waals surface area (Å²) in [5.41, 5.74) is 1.49. The molecule has 0 saturated carbocycles. The van der Waals surface area contributed by atoms with E-state index in [4.69, 9.17) is 9.47 Å². The number of cyclic esters (lactones) is 1. The van der Waals surface area contributed by atoms with Crippen LogP contribution in [-0.2, 0) is 14.3 Å². The number of anilines is 1. The van der Waals surface area contributed by atoms with Crippen molar-refractivity contribution >= 4 is 17.6 Å². The average Bonchev–Trinajstić information content (AvgIpc) is 2.85. The number of ether oxygens (including phenoxy) is 2. The minimum atomic E-state index is -0.759. The van der Waals surface area contributed by atoms with Gasteiger partial charge in [-0.15, -0.1) is 0 Å². The van der Waals surface area contributed by atoms with Gasteiger partial charge in [0.1, 0.15) is 0 Å². The van der Waals surface area contributed by atoms with Crippen molar-refractivity contribution in [3.63, 3.8) is 0 Å². The number of carbonyl (C=O) groups is 2. The summed E-state index contributed by atoms with van der Waals surface area (Å²) in [6, 6.07) is 7.17. The van der Waals surface area contributed by atoms with Crippen LogP contribution in [0.2, 0.25) is 0 Å². The van der Waals surface area contributed by atoms with Crippen LogP contribution < -0.4 is 4.90 Å². The average molecular weight is 277 g/mol. The van der Waals surface area contributed by atoms with Gasteiger partial charge in [0, 0.05) is 25.7 Å². The molecule has 1 atom stereocenters. The highest BCUT2D eigenvalue weighted by atomic mass is 16.6. The zero-order valence-electron chi connectivity index (χ0n) is 11.8. The lowest BCUT2D eigenvalue weighted by Crippen LogP contribution is -2.22. The van der Waals surface area contributed by atoms with Crippen molar-refractivity contribution in [1.82, 2.24) is 0 Å². The van der Waals surface area contributed by atoms with Gasteiger partial charge < -0.3 is 14.4 Å². The first kappa shape index (κ1) is 14.4. The van der Waals surface area contributed by atoms with E-state index in [0.29, 0.717) is 18.6 Å². The van der Waals surface area contributed by atoms with Gasteiger partial charge in [-0.05, 0) is 30.7 Å². The van der Waals surface area contributed by atoms with Crippen molar-refractivity contribution in [3.8, 4) is 0 Å². The Bertz CT molecular complexity index is 483. The zero-order chi connectivity index (χ0) is 14.5. The van der Waals surface area contributed by atoms with Crippen molar-refractivity contribution in [2.75, 3.05) is 25.1 Å². The number of hydrogen-bond acceptors (Lipinski definition) is 5. The van der Waals surface area contributed by atoms with E-state index in [1.165, 1.54) is 0 Å². The largest absolute Gasteiger partial charge is 0.463 e. The quantitative estimate of drug-likeness (QED) is 0.771. The van der Waals surface area contributed by atoms with Crippen LogP contribution in [0, 0.1) is 0 Å². The fraction of sp³-hybridized carbons (Fsp3) is 0.467. The first-order valence-electron chi connectivity index (χ1n) is 6.80. The lowest BCUT2D eigenvalue weighted by atomic mass is 10.2. The molecule has 0 bridgehead atoms. The first-order valence-corrected chi connectivity index (χ1v) is 6.80. The third kappa shape index (κ3) is 3.29. The summed E-state index contributed by atoms with van der Waals surface area (Å²) in [7, 11) is 2.01. The van der Waals surface area contributed by atoms with E-state index in [2.05, 4.69) is 11.8 Å². The molecule has 1 aromatic carbocycles. The Labute approximate surface area is 118 Å². The summed E-state index contributed by atoms with van der Waals surface area (Å²) >= 11 is 0. The summed E-state index contributed by atoms with van der Waals surface area (Å²) in [6.45, 7) is 3.39. The van der Waals surface area contributed by atoms with Crippen LogP contribution in [0.4, 0.5) is 5.69 Å². The summed E-state index contributed by atoms with van der Waals surface area (Å²) in [4.78, 5) is 25.3. The molecule has 5 nitrogen and oxygen atoms in total. The Hall–Kier alpha value is -2.04. The standard InChI is InChI=1S/C15H19NO4/c1-3-9-16(2)12-6-4-11(5-7-12)14(17)20-13-8-10-19-15(13)18/h4-7,13H,3,8-10H2,1-2H3. The second kappa shape index (κ2) is 6.41. The van der Waals surface area contributed by atoms with Gasteiger partial charge in [0.25, 0.3) is 0 Å². The molecule has 0 amide bonds. The van der Waals surface area contributed by atoms with Crippen molar-refractivity contribution in [2.24, 2.45) is 0 Å². The second-order valence-electron chi connectivity index (χ2n) is 4.82. The molecule has 5 heteroatoms. The van der Waals surface area contributed by atoms with Crippen molar-refractivity contribution in [3.05, 3.63) is 29.8 Å². The lowest BCUT2D eigenvalue weighted by molar-refractivity contribution is -0.145. The van der Waals surface area contributed by atoms with E-state index >= 15 is 0 Å². The van der Waals surface area contributed by atoms with Gasteiger partial charge in [0.15, 0.2) is 0 Å². The number of rotatable bonds is 5. The maximum absolute atomic E-state index is 11.9. The van der Waals surface area contributed by atoms with Gasteiger partial charge in [-0.1, -0.05) is 6.92 Å². The molecule has 1 aliphatic rings. The van der Waals surface area contributed by atoms with Crippen LogP contribution in [0.1, 0.15) is 30.1 Å². The first-order chi connectivity index (χ1) is 9.61. The van der Waals surface area contributed by atoms with E-state index in [1.54, 1.807) is 12.1 Å². The normalized spacial score (nSPS) is 17.7. The summed E-state index contributed by atoms with van der Waals surface area (Å²) < 4.78 is 9.89. The van der Waals surface area contributed by atoms with Crippen LogP contribution >= 0.6 is 0 Å². The number of nitrogens with zero attached hydrogens (tertiary/aromatic N) is 1. The molecular weight excluding hydrogens is 258 g/mol. The predicted molar refractivity (Wildman–Crippen MR) is 74.8 cm³/mol. The maximum atomic E-state index is 11.9. The van der Waals surface area contributed by atoms with Crippen LogP contribution in [0.25, 0.3) is 0 Å². The van der Waals surface area contributed by atoms with E-state index < -0.39 is 18.0 Å². The fourth-order valence-corrected chi connectivity index (χ4v) is 2.10. The Morgan fingerprint density at radius 1 is 1.40 bits per heavy atom. The van der Waals surface area contributed by atoms with Gasteiger partial charge in [-0.25, -0.2) is 9.59 Å². The number of carbonyl (C=O) groups excluding carboxylic acids is 2. The SMILES string of the molecule is CCCN(C)c1ccc(C(=O)OC2CCOC2=O)cc1.